The second-order valence-electron chi connectivity index (χ2n) is 3.32. The van der Waals surface area contributed by atoms with E-state index in [9.17, 15) is 5.11 Å². The third-order valence-corrected chi connectivity index (χ3v) is 2.35. The van der Waals surface area contributed by atoms with Crippen LogP contribution in [0, 0.1) is 0 Å². The van der Waals surface area contributed by atoms with Gasteiger partial charge in [0.2, 0.25) is 0 Å². The van der Waals surface area contributed by atoms with Gasteiger partial charge in [0.15, 0.2) is 0 Å². The van der Waals surface area contributed by atoms with Crippen LogP contribution in [0.25, 0.3) is 10.9 Å². The molecule has 0 saturated carbocycles. The Balaban J connectivity index is 2.58. The highest BCUT2D eigenvalue weighted by molar-refractivity contribution is 5.82. The zero-order chi connectivity index (χ0) is 10.1. The Morgan fingerprint density at radius 1 is 1.43 bits per heavy atom. The summed E-state index contributed by atoms with van der Waals surface area (Å²) < 4.78 is 0. The molecule has 0 amide bonds. The lowest BCUT2D eigenvalue weighted by molar-refractivity contribution is 0.463. The smallest absolute Gasteiger partial charge is 0.121 e. The summed E-state index contributed by atoms with van der Waals surface area (Å²) in [6, 6.07) is 5.11. The number of nitrogens with one attached hydrogen (secondary N) is 1. The fraction of sp³-hybridized carbons (Fsp3) is 0.200. The number of nitrogens with two attached hydrogens (primary N) is 2. The van der Waals surface area contributed by atoms with Crippen LogP contribution in [0.2, 0.25) is 0 Å². The minimum Gasteiger partial charge on any atom is -0.508 e. The molecular weight excluding hydrogens is 178 g/mol. The highest BCUT2D eigenvalue weighted by atomic mass is 16.3. The average molecular weight is 191 g/mol. The molecule has 4 heteroatoms. The van der Waals surface area contributed by atoms with E-state index < -0.39 is 0 Å². The maximum atomic E-state index is 9.68. The van der Waals surface area contributed by atoms with Gasteiger partial charge in [0.25, 0.3) is 0 Å². The van der Waals surface area contributed by atoms with Crippen LogP contribution in [0.4, 0.5) is 0 Å². The number of hydrogen-bond donors (Lipinski definition) is 4. The molecule has 1 aromatic heterocycles. The molecule has 1 aromatic carbocycles. The SMILES string of the molecule is NC[C@@H](N)c1cc2[nH]ccc2cc1O. The summed E-state index contributed by atoms with van der Waals surface area (Å²) >= 11 is 0. The number of phenolic OH excluding ortho intramolecular Hbond substituents is 1. The number of fused-ring (bicyclic) bond motifs is 1. The Morgan fingerprint density at radius 2 is 2.21 bits per heavy atom. The molecule has 0 fully saturated rings. The van der Waals surface area contributed by atoms with E-state index in [1.807, 2.05) is 18.3 Å². The van der Waals surface area contributed by atoms with Gasteiger partial charge < -0.3 is 21.6 Å². The molecule has 0 spiro atoms. The second-order valence-corrected chi connectivity index (χ2v) is 3.32. The van der Waals surface area contributed by atoms with E-state index in [1.54, 1.807) is 6.07 Å². The van der Waals surface area contributed by atoms with E-state index in [4.69, 9.17) is 11.5 Å². The number of benzene rings is 1. The first-order valence-electron chi connectivity index (χ1n) is 4.48. The van der Waals surface area contributed by atoms with Gasteiger partial charge in [-0.3, -0.25) is 0 Å². The van der Waals surface area contributed by atoms with Crippen molar-refractivity contribution >= 4 is 10.9 Å². The topological polar surface area (TPSA) is 88.1 Å². The van der Waals surface area contributed by atoms with Crippen LogP contribution < -0.4 is 11.5 Å². The van der Waals surface area contributed by atoms with Crippen LogP contribution in [-0.2, 0) is 0 Å². The normalized spacial score (nSPS) is 13.3. The van der Waals surface area contributed by atoms with Crippen molar-refractivity contribution in [3.63, 3.8) is 0 Å². The van der Waals surface area contributed by atoms with Crippen molar-refractivity contribution in [1.82, 2.24) is 4.98 Å². The molecule has 2 rings (SSSR count). The summed E-state index contributed by atoms with van der Waals surface area (Å²) in [6.45, 7) is 0.319. The first kappa shape index (κ1) is 9.05. The molecule has 74 valence electrons. The molecule has 0 saturated heterocycles. The summed E-state index contributed by atoms with van der Waals surface area (Å²) in [6.07, 6.45) is 1.82. The van der Waals surface area contributed by atoms with Crippen LogP contribution in [-0.4, -0.2) is 16.6 Å². The lowest BCUT2D eigenvalue weighted by Crippen LogP contribution is -2.20. The molecule has 0 aliphatic rings. The molecule has 0 radical (unpaired) electrons. The number of rotatable bonds is 2. The summed E-state index contributed by atoms with van der Waals surface area (Å²) in [5.41, 5.74) is 12.8. The number of H-pyrrole nitrogens is 1. The molecule has 2 aromatic rings. The zero-order valence-corrected chi connectivity index (χ0v) is 7.70. The number of aromatic amines is 1. The molecule has 1 heterocycles. The Kier molecular flexibility index (Phi) is 2.15. The van der Waals surface area contributed by atoms with Crippen molar-refractivity contribution in [1.29, 1.82) is 0 Å². The number of aromatic hydroxyl groups is 1. The Hall–Kier alpha value is -1.52. The van der Waals surface area contributed by atoms with E-state index in [1.165, 1.54) is 0 Å². The first-order valence-corrected chi connectivity index (χ1v) is 4.48. The average Bonchev–Trinajstić information content (AvgIpc) is 2.62. The summed E-state index contributed by atoms with van der Waals surface area (Å²) in [5.74, 6) is 0.204. The van der Waals surface area contributed by atoms with Crippen molar-refractivity contribution in [2.45, 2.75) is 6.04 Å². The van der Waals surface area contributed by atoms with Crippen LogP contribution in [0.3, 0.4) is 0 Å². The van der Waals surface area contributed by atoms with E-state index in [-0.39, 0.29) is 11.8 Å². The number of phenols is 1. The minimum absolute atomic E-state index is 0.204. The zero-order valence-electron chi connectivity index (χ0n) is 7.70. The van der Waals surface area contributed by atoms with Gasteiger partial charge in [0, 0.05) is 35.2 Å². The first-order chi connectivity index (χ1) is 6.72. The molecule has 0 aliphatic carbocycles. The van der Waals surface area contributed by atoms with Gasteiger partial charge in [-0.2, -0.15) is 0 Å². The number of hydrogen-bond acceptors (Lipinski definition) is 3. The predicted octanol–water partition coefficient (Wildman–Crippen LogP) is 0.832. The Bertz CT molecular complexity index is 450. The third-order valence-electron chi connectivity index (χ3n) is 2.35. The number of aromatic nitrogens is 1. The Morgan fingerprint density at radius 3 is 2.93 bits per heavy atom. The molecular formula is C10H13N3O. The van der Waals surface area contributed by atoms with Crippen LogP contribution in [0.1, 0.15) is 11.6 Å². The van der Waals surface area contributed by atoms with Gasteiger partial charge in [0.1, 0.15) is 5.75 Å². The summed E-state index contributed by atoms with van der Waals surface area (Å²) in [7, 11) is 0. The highest BCUT2D eigenvalue weighted by Gasteiger charge is 2.10. The van der Waals surface area contributed by atoms with Crippen LogP contribution in [0.15, 0.2) is 24.4 Å². The van der Waals surface area contributed by atoms with Gasteiger partial charge in [-0.25, -0.2) is 0 Å². The lowest BCUT2D eigenvalue weighted by atomic mass is 10.0. The molecule has 0 aliphatic heterocycles. The van der Waals surface area contributed by atoms with E-state index in [0.29, 0.717) is 12.1 Å². The van der Waals surface area contributed by atoms with Crippen molar-refractivity contribution in [3.05, 3.63) is 30.0 Å². The minimum atomic E-state index is -0.317. The molecule has 1 atom stereocenters. The Labute approximate surface area is 81.5 Å². The van der Waals surface area contributed by atoms with Gasteiger partial charge in [-0.1, -0.05) is 0 Å². The van der Waals surface area contributed by atoms with E-state index in [2.05, 4.69) is 4.98 Å². The van der Waals surface area contributed by atoms with E-state index >= 15 is 0 Å². The molecule has 14 heavy (non-hydrogen) atoms. The van der Waals surface area contributed by atoms with Crippen LogP contribution >= 0.6 is 0 Å². The maximum absolute atomic E-state index is 9.68. The molecule has 6 N–H and O–H groups in total. The van der Waals surface area contributed by atoms with Gasteiger partial charge >= 0.3 is 0 Å². The monoisotopic (exact) mass is 191 g/mol. The lowest BCUT2D eigenvalue weighted by Gasteiger charge is -2.11. The van der Waals surface area contributed by atoms with Gasteiger partial charge in [0.05, 0.1) is 0 Å². The quantitative estimate of drug-likeness (QED) is 0.567. The predicted molar refractivity (Wildman–Crippen MR) is 55.9 cm³/mol. The third kappa shape index (κ3) is 1.34. The van der Waals surface area contributed by atoms with E-state index in [0.717, 1.165) is 10.9 Å². The largest absolute Gasteiger partial charge is 0.508 e. The van der Waals surface area contributed by atoms with Crippen LogP contribution in [0.5, 0.6) is 5.75 Å². The molecule has 4 nitrogen and oxygen atoms in total. The fourth-order valence-corrected chi connectivity index (χ4v) is 1.53. The summed E-state index contributed by atoms with van der Waals surface area (Å²) in [4.78, 5) is 3.06. The highest BCUT2D eigenvalue weighted by Crippen LogP contribution is 2.27. The molecule has 0 unspecified atom stereocenters. The van der Waals surface area contributed by atoms with Crippen molar-refractivity contribution in [2.24, 2.45) is 11.5 Å². The van der Waals surface area contributed by atoms with Gasteiger partial charge in [-0.15, -0.1) is 0 Å². The summed E-state index contributed by atoms with van der Waals surface area (Å²) in [5, 5.41) is 10.6. The van der Waals surface area contributed by atoms with Gasteiger partial charge in [-0.05, 0) is 18.2 Å². The fourth-order valence-electron chi connectivity index (χ4n) is 1.53. The molecule has 0 bridgehead atoms. The van der Waals surface area contributed by atoms with Crippen molar-refractivity contribution in [2.75, 3.05) is 6.54 Å². The maximum Gasteiger partial charge on any atom is 0.121 e. The van der Waals surface area contributed by atoms with Crippen molar-refractivity contribution < 1.29 is 5.11 Å². The second kappa shape index (κ2) is 3.32. The van der Waals surface area contributed by atoms with Crippen molar-refractivity contribution in [3.8, 4) is 5.75 Å². The standard InChI is InChI=1S/C10H13N3O/c11-5-8(12)7-4-9-6(1-2-13-9)3-10(7)14/h1-4,8,13-14H,5,11-12H2/t8-/m1/s1.